The van der Waals surface area contributed by atoms with Gasteiger partial charge < -0.3 is 20.3 Å². The third kappa shape index (κ3) is 3.13. The Morgan fingerprint density at radius 2 is 1.77 bits per heavy atom. The first-order chi connectivity index (χ1) is 14.3. The lowest BCUT2D eigenvalue weighted by atomic mass is 10.0. The van der Waals surface area contributed by atoms with Gasteiger partial charge in [0.1, 0.15) is 11.1 Å². The summed E-state index contributed by atoms with van der Waals surface area (Å²) >= 11 is 0.863. The zero-order chi connectivity index (χ0) is 21.6. The normalized spacial score (nSPS) is 17.5. The maximum atomic E-state index is 12.6. The van der Waals surface area contributed by atoms with Crippen LogP contribution in [-0.4, -0.2) is 57.9 Å². The zero-order valence-corrected chi connectivity index (χ0v) is 16.0. The molecule has 0 aliphatic carbocycles. The highest BCUT2D eigenvalue weighted by atomic mass is 32.1. The smallest absolute Gasteiger partial charge is 0.394 e. The summed E-state index contributed by atoms with van der Waals surface area (Å²) in [4.78, 5) is 60.9. The molecule has 2 aromatic rings. The van der Waals surface area contributed by atoms with Crippen molar-refractivity contribution in [3.63, 3.8) is 0 Å². The maximum Gasteiger partial charge on any atom is 0.394 e. The Morgan fingerprint density at radius 3 is 2.33 bits per heavy atom. The van der Waals surface area contributed by atoms with Crippen LogP contribution in [0.15, 0.2) is 24.3 Å². The van der Waals surface area contributed by atoms with Crippen molar-refractivity contribution in [3.8, 4) is 0 Å². The molecule has 0 radical (unpaired) electrons. The van der Waals surface area contributed by atoms with E-state index in [1.807, 2.05) is 0 Å². The number of hydrogen-bond acceptors (Lipinski definition) is 7. The summed E-state index contributed by atoms with van der Waals surface area (Å²) < 4.78 is 5.70. The predicted molar refractivity (Wildman–Crippen MR) is 102 cm³/mol. The number of carboxylic acid groups (broad SMARTS) is 2. The predicted octanol–water partition coefficient (Wildman–Crippen LogP) is 1.38. The summed E-state index contributed by atoms with van der Waals surface area (Å²) in [5.41, 5.74) is 0.747. The van der Waals surface area contributed by atoms with Gasteiger partial charge >= 0.3 is 17.8 Å². The van der Waals surface area contributed by atoms with Crippen LogP contribution >= 0.6 is 11.3 Å². The molecule has 1 aromatic carbocycles. The average Bonchev–Trinajstić information content (AvgIpc) is 3.19. The molecule has 0 fully saturated rings. The molecule has 10 nitrogen and oxygen atoms in total. The van der Waals surface area contributed by atoms with Crippen LogP contribution in [-0.2, 0) is 20.7 Å². The minimum absolute atomic E-state index is 0.127. The first-order valence-electron chi connectivity index (χ1n) is 8.79. The molecule has 11 heteroatoms. The number of anilines is 1. The number of benzene rings is 1. The van der Waals surface area contributed by atoms with Crippen LogP contribution < -0.4 is 5.32 Å². The molecule has 0 saturated carbocycles. The maximum absolute atomic E-state index is 12.6. The molecule has 30 heavy (non-hydrogen) atoms. The lowest BCUT2D eigenvalue weighted by molar-refractivity contribution is -0.147. The van der Waals surface area contributed by atoms with Crippen LogP contribution in [0.1, 0.15) is 47.6 Å². The largest absolute Gasteiger partial charge is 0.478 e. The standard InChI is InChI=1S/C19H14N2O8S/c22-14(19(27)28)20-15-12(18(25)26)10-5-6-29-11(13(10)30-15)7-21-16(23)8-3-1-2-4-9(8)17(21)24/h1-4,11H,5-7H2,(H,20,22)(H,25,26)(H,27,28). The van der Waals surface area contributed by atoms with E-state index in [1.165, 1.54) is 0 Å². The van der Waals surface area contributed by atoms with Gasteiger partial charge in [0.05, 0.1) is 29.8 Å². The summed E-state index contributed by atoms with van der Waals surface area (Å²) in [5, 5.41) is 20.3. The van der Waals surface area contributed by atoms with Crippen LogP contribution in [0.25, 0.3) is 0 Å². The van der Waals surface area contributed by atoms with Gasteiger partial charge in [0.25, 0.3) is 11.8 Å². The third-order valence-corrected chi connectivity index (χ3v) is 6.10. The van der Waals surface area contributed by atoms with Crippen molar-refractivity contribution >= 4 is 46.0 Å². The second kappa shape index (κ2) is 7.35. The summed E-state index contributed by atoms with van der Waals surface area (Å²) in [5.74, 6) is -5.39. The minimum Gasteiger partial charge on any atom is -0.478 e. The van der Waals surface area contributed by atoms with Crippen molar-refractivity contribution in [2.24, 2.45) is 0 Å². The lowest BCUT2D eigenvalue weighted by Crippen LogP contribution is -2.36. The number of rotatable bonds is 4. The number of thiophene rings is 1. The second-order valence-corrected chi connectivity index (χ2v) is 7.64. The first-order valence-corrected chi connectivity index (χ1v) is 9.61. The van der Waals surface area contributed by atoms with E-state index in [0.717, 1.165) is 16.2 Å². The number of amides is 3. The van der Waals surface area contributed by atoms with E-state index >= 15 is 0 Å². The van der Waals surface area contributed by atoms with Crippen LogP contribution in [0, 0.1) is 0 Å². The Labute approximate surface area is 172 Å². The van der Waals surface area contributed by atoms with E-state index in [0.29, 0.717) is 10.4 Å². The van der Waals surface area contributed by atoms with Crippen LogP contribution in [0.3, 0.4) is 0 Å². The highest BCUT2D eigenvalue weighted by molar-refractivity contribution is 7.17. The SMILES string of the molecule is O=C(O)C(=O)Nc1sc2c(c1C(=O)O)CCOC2CN1C(=O)c2ccccc2C1=O. The average molecular weight is 430 g/mol. The van der Waals surface area contributed by atoms with Gasteiger partial charge in [-0.05, 0) is 24.1 Å². The van der Waals surface area contributed by atoms with E-state index in [1.54, 1.807) is 24.3 Å². The Morgan fingerprint density at radius 1 is 1.13 bits per heavy atom. The van der Waals surface area contributed by atoms with E-state index in [9.17, 15) is 29.1 Å². The Balaban J connectivity index is 1.67. The van der Waals surface area contributed by atoms with Crippen molar-refractivity contribution in [2.45, 2.75) is 12.5 Å². The number of carbonyl (C=O) groups is 5. The van der Waals surface area contributed by atoms with Crippen molar-refractivity contribution in [1.29, 1.82) is 0 Å². The fourth-order valence-electron chi connectivity index (χ4n) is 3.55. The van der Waals surface area contributed by atoms with Gasteiger partial charge in [-0.3, -0.25) is 19.3 Å². The number of carboxylic acids is 2. The van der Waals surface area contributed by atoms with Gasteiger partial charge in [0.2, 0.25) is 0 Å². The molecule has 3 amide bonds. The number of hydrogen-bond donors (Lipinski definition) is 3. The lowest BCUT2D eigenvalue weighted by Gasteiger charge is -2.26. The quantitative estimate of drug-likeness (QED) is 0.486. The number of aromatic carboxylic acids is 1. The molecule has 0 saturated heterocycles. The molecule has 0 spiro atoms. The number of nitrogens with one attached hydrogen (secondary N) is 1. The number of fused-ring (bicyclic) bond motifs is 2. The van der Waals surface area contributed by atoms with Crippen molar-refractivity contribution < 1.29 is 38.9 Å². The fraction of sp³-hybridized carbons (Fsp3) is 0.211. The molecule has 3 N–H and O–H groups in total. The van der Waals surface area contributed by atoms with Gasteiger partial charge in [-0.15, -0.1) is 11.3 Å². The number of ether oxygens (including phenoxy) is 1. The topological polar surface area (TPSA) is 150 Å². The first kappa shape index (κ1) is 19.7. The van der Waals surface area contributed by atoms with Crippen molar-refractivity contribution in [1.82, 2.24) is 4.90 Å². The van der Waals surface area contributed by atoms with Gasteiger partial charge in [-0.25, -0.2) is 9.59 Å². The molecular weight excluding hydrogens is 416 g/mol. The molecule has 3 heterocycles. The molecule has 0 bridgehead atoms. The van der Waals surface area contributed by atoms with Gasteiger partial charge in [0, 0.05) is 4.88 Å². The van der Waals surface area contributed by atoms with Crippen LogP contribution in [0.5, 0.6) is 0 Å². The van der Waals surface area contributed by atoms with Crippen molar-refractivity contribution in [2.75, 3.05) is 18.5 Å². The Hall–Kier alpha value is -3.57. The number of aliphatic carboxylic acids is 1. The van der Waals surface area contributed by atoms with E-state index < -0.39 is 35.8 Å². The van der Waals surface area contributed by atoms with Crippen molar-refractivity contribution in [3.05, 3.63) is 51.4 Å². The molecule has 154 valence electrons. The monoisotopic (exact) mass is 430 g/mol. The Bertz CT molecular complexity index is 1090. The Kier molecular flexibility index (Phi) is 4.84. The van der Waals surface area contributed by atoms with E-state index in [2.05, 4.69) is 5.32 Å². The van der Waals surface area contributed by atoms with Gasteiger partial charge in [0.15, 0.2) is 0 Å². The third-order valence-electron chi connectivity index (χ3n) is 4.86. The fourth-order valence-corrected chi connectivity index (χ4v) is 4.82. The summed E-state index contributed by atoms with van der Waals surface area (Å²) in [6.07, 6.45) is -0.566. The number of carbonyl (C=O) groups excluding carboxylic acids is 3. The molecule has 2 aliphatic heterocycles. The molecule has 1 unspecified atom stereocenters. The highest BCUT2D eigenvalue weighted by Crippen LogP contribution is 2.42. The highest BCUT2D eigenvalue weighted by Gasteiger charge is 2.39. The van der Waals surface area contributed by atoms with Crippen LogP contribution in [0.4, 0.5) is 5.00 Å². The van der Waals surface area contributed by atoms with E-state index in [-0.39, 0.29) is 41.3 Å². The second-order valence-electron chi connectivity index (χ2n) is 6.59. The summed E-state index contributed by atoms with van der Waals surface area (Å²) in [7, 11) is 0. The molecule has 1 aromatic heterocycles. The number of nitrogens with zero attached hydrogens (tertiary/aromatic N) is 1. The number of imide groups is 1. The molecule has 4 rings (SSSR count). The molecule has 1 atom stereocenters. The summed E-state index contributed by atoms with van der Waals surface area (Å²) in [6.45, 7) is 0.00933. The minimum atomic E-state index is -1.75. The summed E-state index contributed by atoms with van der Waals surface area (Å²) in [6, 6.07) is 6.41. The van der Waals surface area contributed by atoms with Gasteiger partial charge in [-0.2, -0.15) is 0 Å². The molecular formula is C19H14N2O8S. The van der Waals surface area contributed by atoms with E-state index in [4.69, 9.17) is 9.84 Å². The molecule has 2 aliphatic rings. The van der Waals surface area contributed by atoms with Crippen LogP contribution in [0.2, 0.25) is 0 Å². The zero-order valence-electron chi connectivity index (χ0n) is 15.2. The van der Waals surface area contributed by atoms with Gasteiger partial charge in [-0.1, -0.05) is 12.1 Å².